The molecule has 2 N–H and O–H groups in total. The molecule has 0 saturated heterocycles. The van der Waals surface area contributed by atoms with E-state index in [9.17, 15) is 13.6 Å². The molecule has 3 nitrogen and oxygen atoms in total. The van der Waals surface area contributed by atoms with Crippen molar-refractivity contribution >= 4 is 5.91 Å². The Bertz CT molecular complexity index is 401. The van der Waals surface area contributed by atoms with E-state index in [1.165, 1.54) is 0 Å². The summed E-state index contributed by atoms with van der Waals surface area (Å²) in [7, 11) is 0. The number of halogens is 2. The number of hydrogen-bond donors (Lipinski definition) is 2. The number of carbonyl (C=O) groups is 1. The Labute approximate surface area is 105 Å². The first kappa shape index (κ1) is 14.6. The van der Waals surface area contributed by atoms with Gasteiger partial charge >= 0.3 is 0 Å². The van der Waals surface area contributed by atoms with Crippen LogP contribution in [-0.4, -0.2) is 23.7 Å². The van der Waals surface area contributed by atoms with Crippen molar-refractivity contribution in [2.45, 2.75) is 26.3 Å². The molecule has 1 aromatic rings. The summed E-state index contributed by atoms with van der Waals surface area (Å²) in [5.74, 6) is -1.99. The van der Waals surface area contributed by atoms with Crippen LogP contribution in [0.25, 0.3) is 0 Å². The predicted octanol–water partition coefficient (Wildman–Crippen LogP) is 2.10. The van der Waals surface area contributed by atoms with E-state index in [0.717, 1.165) is 12.1 Å². The van der Waals surface area contributed by atoms with Crippen molar-refractivity contribution < 1.29 is 18.7 Å². The van der Waals surface area contributed by atoms with Gasteiger partial charge in [0.25, 0.3) is 5.91 Å². The van der Waals surface area contributed by atoms with E-state index < -0.39 is 17.5 Å². The first-order valence-electron chi connectivity index (χ1n) is 5.82. The summed E-state index contributed by atoms with van der Waals surface area (Å²) in [5, 5.41) is 11.5. The highest BCUT2D eigenvalue weighted by molar-refractivity contribution is 5.94. The zero-order valence-electron chi connectivity index (χ0n) is 10.4. The van der Waals surface area contributed by atoms with Gasteiger partial charge in [-0.15, -0.1) is 0 Å². The molecule has 0 spiro atoms. The van der Waals surface area contributed by atoms with Crippen molar-refractivity contribution in [2.24, 2.45) is 5.92 Å². The number of amides is 1. The summed E-state index contributed by atoms with van der Waals surface area (Å²) >= 11 is 0. The highest BCUT2D eigenvalue weighted by Gasteiger charge is 2.17. The molecule has 0 bridgehead atoms. The lowest BCUT2D eigenvalue weighted by atomic mass is 10.0. The second-order valence-electron chi connectivity index (χ2n) is 4.49. The lowest BCUT2D eigenvalue weighted by Gasteiger charge is -2.21. The molecule has 0 aliphatic heterocycles. The quantitative estimate of drug-likeness (QED) is 0.848. The minimum atomic E-state index is -0.789. The Morgan fingerprint density at radius 1 is 1.28 bits per heavy atom. The molecule has 1 amide bonds. The summed E-state index contributed by atoms with van der Waals surface area (Å²) in [6, 6.07) is 2.45. The lowest BCUT2D eigenvalue weighted by Crippen LogP contribution is -2.39. The Morgan fingerprint density at radius 2 is 1.83 bits per heavy atom. The SMILES string of the molecule is CC(C)C(CCO)NC(=O)c1cc(F)cc(F)c1. The fourth-order valence-electron chi connectivity index (χ4n) is 1.65. The van der Waals surface area contributed by atoms with E-state index in [1.807, 2.05) is 13.8 Å². The topological polar surface area (TPSA) is 49.3 Å². The van der Waals surface area contributed by atoms with E-state index in [1.54, 1.807) is 0 Å². The van der Waals surface area contributed by atoms with E-state index in [2.05, 4.69) is 5.32 Å². The van der Waals surface area contributed by atoms with Crippen LogP contribution in [-0.2, 0) is 0 Å². The molecule has 0 aliphatic carbocycles. The summed E-state index contributed by atoms with van der Waals surface area (Å²) in [6.07, 6.45) is 0.404. The second kappa shape index (κ2) is 6.44. The number of carbonyl (C=O) groups excluding carboxylic acids is 1. The normalized spacial score (nSPS) is 12.6. The van der Waals surface area contributed by atoms with Crippen LogP contribution in [0.15, 0.2) is 18.2 Å². The van der Waals surface area contributed by atoms with Gasteiger partial charge in [-0.25, -0.2) is 8.78 Å². The molecule has 0 aromatic heterocycles. The molecule has 18 heavy (non-hydrogen) atoms. The first-order chi connectivity index (χ1) is 8.43. The third-order valence-corrected chi connectivity index (χ3v) is 2.69. The molecule has 0 saturated carbocycles. The van der Waals surface area contributed by atoms with Crippen LogP contribution >= 0.6 is 0 Å². The Morgan fingerprint density at radius 3 is 2.28 bits per heavy atom. The Hall–Kier alpha value is -1.49. The van der Waals surface area contributed by atoms with Gasteiger partial charge in [0.05, 0.1) is 0 Å². The molecule has 5 heteroatoms. The second-order valence-corrected chi connectivity index (χ2v) is 4.49. The van der Waals surface area contributed by atoms with Gasteiger partial charge in [-0.3, -0.25) is 4.79 Å². The highest BCUT2D eigenvalue weighted by atomic mass is 19.1. The van der Waals surface area contributed by atoms with Gasteiger partial charge in [0.1, 0.15) is 11.6 Å². The summed E-state index contributed by atoms with van der Waals surface area (Å²) in [6.45, 7) is 3.74. The molecule has 1 rings (SSSR count). The number of rotatable bonds is 5. The van der Waals surface area contributed by atoms with Crippen LogP contribution in [0.1, 0.15) is 30.6 Å². The van der Waals surface area contributed by atoms with Crippen LogP contribution in [0.4, 0.5) is 8.78 Å². The van der Waals surface area contributed by atoms with Gasteiger partial charge < -0.3 is 10.4 Å². The van der Waals surface area contributed by atoms with E-state index >= 15 is 0 Å². The van der Waals surface area contributed by atoms with Gasteiger partial charge in [0, 0.05) is 24.3 Å². The molecule has 1 aromatic carbocycles. The van der Waals surface area contributed by atoms with Gasteiger partial charge in [0.15, 0.2) is 0 Å². The molecule has 1 atom stereocenters. The monoisotopic (exact) mass is 257 g/mol. The molecule has 0 fully saturated rings. The number of aliphatic hydroxyl groups is 1. The smallest absolute Gasteiger partial charge is 0.251 e. The average molecular weight is 257 g/mol. The van der Waals surface area contributed by atoms with Crippen molar-refractivity contribution in [3.8, 4) is 0 Å². The number of benzene rings is 1. The molecule has 100 valence electrons. The maximum atomic E-state index is 13.0. The number of hydrogen-bond acceptors (Lipinski definition) is 2. The maximum Gasteiger partial charge on any atom is 0.251 e. The predicted molar refractivity (Wildman–Crippen MR) is 64.2 cm³/mol. The van der Waals surface area contributed by atoms with Crippen molar-refractivity contribution in [3.05, 3.63) is 35.4 Å². The van der Waals surface area contributed by atoms with Crippen molar-refractivity contribution in [3.63, 3.8) is 0 Å². The molecule has 1 unspecified atom stereocenters. The molecule has 0 heterocycles. The Balaban J connectivity index is 2.80. The zero-order chi connectivity index (χ0) is 13.7. The van der Waals surface area contributed by atoms with Crippen molar-refractivity contribution in [2.75, 3.05) is 6.61 Å². The maximum absolute atomic E-state index is 13.0. The highest BCUT2D eigenvalue weighted by Crippen LogP contribution is 2.11. The number of aliphatic hydroxyl groups excluding tert-OH is 1. The van der Waals surface area contributed by atoms with Gasteiger partial charge in [0.2, 0.25) is 0 Å². The summed E-state index contributed by atoms with van der Waals surface area (Å²) < 4.78 is 25.9. The first-order valence-corrected chi connectivity index (χ1v) is 5.82. The molecular formula is C13H17F2NO2. The van der Waals surface area contributed by atoms with Gasteiger partial charge in [-0.05, 0) is 24.5 Å². The van der Waals surface area contributed by atoms with Crippen LogP contribution < -0.4 is 5.32 Å². The largest absolute Gasteiger partial charge is 0.396 e. The van der Waals surface area contributed by atoms with Crippen LogP contribution in [0, 0.1) is 17.6 Å². The van der Waals surface area contributed by atoms with Gasteiger partial charge in [-0.1, -0.05) is 13.8 Å². The molecular weight excluding hydrogens is 240 g/mol. The number of nitrogens with one attached hydrogen (secondary N) is 1. The summed E-state index contributed by atoms with van der Waals surface area (Å²) in [4.78, 5) is 11.8. The third kappa shape index (κ3) is 4.07. The average Bonchev–Trinajstić information content (AvgIpc) is 2.26. The lowest BCUT2D eigenvalue weighted by molar-refractivity contribution is 0.0915. The minimum absolute atomic E-state index is 0.0549. The summed E-state index contributed by atoms with van der Waals surface area (Å²) in [5.41, 5.74) is -0.0592. The van der Waals surface area contributed by atoms with Crippen molar-refractivity contribution in [1.29, 1.82) is 0 Å². The van der Waals surface area contributed by atoms with Crippen LogP contribution in [0.5, 0.6) is 0 Å². The minimum Gasteiger partial charge on any atom is -0.396 e. The van der Waals surface area contributed by atoms with E-state index in [0.29, 0.717) is 12.5 Å². The Kier molecular flexibility index (Phi) is 5.22. The fourth-order valence-corrected chi connectivity index (χ4v) is 1.65. The fraction of sp³-hybridized carbons (Fsp3) is 0.462. The zero-order valence-corrected chi connectivity index (χ0v) is 10.4. The van der Waals surface area contributed by atoms with Crippen LogP contribution in [0.3, 0.4) is 0 Å². The third-order valence-electron chi connectivity index (χ3n) is 2.69. The van der Waals surface area contributed by atoms with Gasteiger partial charge in [-0.2, -0.15) is 0 Å². The molecule has 0 radical (unpaired) electrons. The van der Waals surface area contributed by atoms with Crippen LogP contribution in [0.2, 0.25) is 0 Å². The van der Waals surface area contributed by atoms with Crippen molar-refractivity contribution in [1.82, 2.24) is 5.32 Å². The standard InChI is InChI=1S/C13H17F2NO2/c1-8(2)12(3-4-17)16-13(18)9-5-10(14)7-11(15)6-9/h5-8,12,17H,3-4H2,1-2H3,(H,16,18). The molecule has 0 aliphatic rings. The van der Waals surface area contributed by atoms with E-state index in [4.69, 9.17) is 5.11 Å². The van der Waals surface area contributed by atoms with E-state index in [-0.39, 0.29) is 24.1 Å².